The first-order valence-electron chi connectivity index (χ1n) is 3.31. The summed E-state index contributed by atoms with van der Waals surface area (Å²) in [5, 5.41) is 11.4. The lowest BCUT2D eigenvalue weighted by Crippen LogP contribution is -2.20. The van der Waals surface area contributed by atoms with Gasteiger partial charge in [-0.05, 0) is 13.5 Å². The monoisotopic (exact) mass is 143 g/mol. The van der Waals surface area contributed by atoms with E-state index in [4.69, 9.17) is 5.11 Å². The molecule has 0 amide bonds. The maximum Gasteiger partial charge on any atom is 0.332 e. The van der Waals surface area contributed by atoms with Crippen molar-refractivity contribution in [2.24, 2.45) is 0 Å². The van der Waals surface area contributed by atoms with Gasteiger partial charge in [-0.3, -0.25) is 0 Å². The molecule has 0 fully saturated rings. The quantitative estimate of drug-likeness (QED) is 0.567. The molecule has 0 atom stereocenters. The van der Waals surface area contributed by atoms with Gasteiger partial charge in [0.25, 0.3) is 0 Å². The summed E-state index contributed by atoms with van der Waals surface area (Å²) in [6.45, 7) is 4.91. The molecule has 0 aliphatic rings. The fraction of sp³-hybridized carbons (Fsp3) is 0.571. The fourth-order valence-corrected chi connectivity index (χ4v) is 0.561. The first-order valence-corrected chi connectivity index (χ1v) is 3.31. The molecule has 0 aromatic carbocycles. The third-order valence-corrected chi connectivity index (χ3v) is 1.19. The standard InChI is InChI=1S/C7H13NO2/c1-3-6(7(9)10)5-8-4-2/h3,8H,4-5H2,1-2H3,(H,9,10). The molecular weight excluding hydrogens is 130 g/mol. The zero-order valence-corrected chi connectivity index (χ0v) is 6.35. The molecule has 0 aliphatic heterocycles. The van der Waals surface area contributed by atoms with Crippen molar-refractivity contribution in [3.05, 3.63) is 11.6 Å². The molecule has 0 heterocycles. The first kappa shape index (κ1) is 9.17. The Hall–Kier alpha value is -0.830. The summed E-state index contributed by atoms with van der Waals surface area (Å²) < 4.78 is 0. The van der Waals surface area contributed by atoms with Gasteiger partial charge in [-0.2, -0.15) is 0 Å². The summed E-state index contributed by atoms with van der Waals surface area (Å²) in [7, 11) is 0. The van der Waals surface area contributed by atoms with Gasteiger partial charge in [0.2, 0.25) is 0 Å². The van der Waals surface area contributed by atoms with Crippen LogP contribution in [0.1, 0.15) is 13.8 Å². The Morgan fingerprint density at radius 2 is 2.30 bits per heavy atom. The maximum absolute atomic E-state index is 10.3. The molecular formula is C7H13NO2. The normalized spacial score (nSPS) is 11.6. The van der Waals surface area contributed by atoms with Gasteiger partial charge in [0.1, 0.15) is 0 Å². The largest absolute Gasteiger partial charge is 0.478 e. The number of allylic oxidation sites excluding steroid dienone is 1. The van der Waals surface area contributed by atoms with E-state index in [1.807, 2.05) is 6.92 Å². The van der Waals surface area contributed by atoms with Crippen LogP contribution in [0, 0.1) is 0 Å². The molecule has 0 saturated heterocycles. The Balaban J connectivity index is 3.74. The second-order valence-electron chi connectivity index (χ2n) is 1.90. The fourth-order valence-electron chi connectivity index (χ4n) is 0.561. The van der Waals surface area contributed by atoms with E-state index in [1.54, 1.807) is 13.0 Å². The summed E-state index contributed by atoms with van der Waals surface area (Å²) in [4.78, 5) is 10.3. The van der Waals surface area contributed by atoms with E-state index in [1.165, 1.54) is 0 Å². The minimum absolute atomic E-state index is 0.418. The average Bonchev–Trinajstić information content (AvgIpc) is 1.89. The number of aliphatic carboxylic acids is 1. The van der Waals surface area contributed by atoms with E-state index in [2.05, 4.69) is 5.32 Å². The van der Waals surface area contributed by atoms with Crippen molar-refractivity contribution < 1.29 is 9.90 Å². The third-order valence-electron chi connectivity index (χ3n) is 1.19. The summed E-state index contributed by atoms with van der Waals surface area (Å²) in [6.07, 6.45) is 1.60. The summed E-state index contributed by atoms with van der Waals surface area (Å²) in [5.74, 6) is -0.844. The highest BCUT2D eigenvalue weighted by Gasteiger charge is 2.02. The summed E-state index contributed by atoms with van der Waals surface area (Å²) in [5.41, 5.74) is 0.418. The predicted molar refractivity (Wildman–Crippen MR) is 39.9 cm³/mol. The van der Waals surface area contributed by atoms with Gasteiger partial charge in [-0.15, -0.1) is 0 Å². The second kappa shape index (κ2) is 4.99. The van der Waals surface area contributed by atoms with E-state index in [9.17, 15) is 4.79 Å². The summed E-state index contributed by atoms with van der Waals surface area (Å²) >= 11 is 0. The molecule has 2 N–H and O–H groups in total. The lowest BCUT2D eigenvalue weighted by molar-refractivity contribution is -0.132. The van der Waals surface area contributed by atoms with Crippen LogP contribution >= 0.6 is 0 Å². The molecule has 0 spiro atoms. The number of carbonyl (C=O) groups is 1. The van der Waals surface area contributed by atoms with Crippen molar-refractivity contribution in [2.75, 3.05) is 13.1 Å². The van der Waals surface area contributed by atoms with Crippen LogP contribution in [0.5, 0.6) is 0 Å². The molecule has 0 bridgehead atoms. The highest BCUT2D eigenvalue weighted by molar-refractivity contribution is 5.86. The van der Waals surface area contributed by atoms with Crippen LogP contribution in [0.15, 0.2) is 11.6 Å². The predicted octanol–water partition coefficient (Wildman–Crippen LogP) is 0.627. The van der Waals surface area contributed by atoms with Crippen molar-refractivity contribution >= 4 is 5.97 Å². The van der Waals surface area contributed by atoms with Crippen molar-refractivity contribution in [2.45, 2.75) is 13.8 Å². The smallest absolute Gasteiger partial charge is 0.332 e. The van der Waals surface area contributed by atoms with Crippen LogP contribution in [0.4, 0.5) is 0 Å². The average molecular weight is 143 g/mol. The van der Waals surface area contributed by atoms with Crippen LogP contribution < -0.4 is 5.32 Å². The summed E-state index contributed by atoms with van der Waals surface area (Å²) in [6, 6.07) is 0. The van der Waals surface area contributed by atoms with Crippen LogP contribution in [0.3, 0.4) is 0 Å². The molecule has 0 rings (SSSR count). The number of carboxylic acid groups (broad SMARTS) is 1. The Kier molecular flexibility index (Phi) is 4.58. The molecule has 0 unspecified atom stereocenters. The Morgan fingerprint density at radius 1 is 1.70 bits per heavy atom. The molecule has 3 heteroatoms. The Morgan fingerprint density at radius 3 is 2.60 bits per heavy atom. The highest BCUT2D eigenvalue weighted by Crippen LogP contribution is 1.90. The van der Waals surface area contributed by atoms with Crippen molar-refractivity contribution in [3.8, 4) is 0 Å². The van der Waals surface area contributed by atoms with Crippen molar-refractivity contribution in [1.29, 1.82) is 0 Å². The lowest BCUT2D eigenvalue weighted by Gasteiger charge is -2.00. The molecule has 58 valence electrons. The van der Waals surface area contributed by atoms with Crippen LogP contribution in [0.2, 0.25) is 0 Å². The van der Waals surface area contributed by atoms with E-state index >= 15 is 0 Å². The van der Waals surface area contributed by atoms with Crippen molar-refractivity contribution in [3.63, 3.8) is 0 Å². The molecule has 0 aromatic heterocycles. The van der Waals surface area contributed by atoms with Gasteiger partial charge in [0.15, 0.2) is 0 Å². The lowest BCUT2D eigenvalue weighted by atomic mass is 10.2. The minimum atomic E-state index is -0.844. The number of likely N-dealkylation sites (N-methyl/N-ethyl adjacent to an activating group) is 1. The first-order chi connectivity index (χ1) is 4.72. The van der Waals surface area contributed by atoms with Crippen LogP contribution in [-0.2, 0) is 4.79 Å². The van der Waals surface area contributed by atoms with Gasteiger partial charge < -0.3 is 10.4 Å². The van der Waals surface area contributed by atoms with E-state index in [-0.39, 0.29) is 0 Å². The Bertz CT molecular complexity index is 141. The number of nitrogens with one attached hydrogen (secondary N) is 1. The topological polar surface area (TPSA) is 49.3 Å². The van der Waals surface area contributed by atoms with E-state index < -0.39 is 5.97 Å². The molecule has 0 aromatic rings. The number of carboxylic acids is 1. The van der Waals surface area contributed by atoms with Crippen LogP contribution in [-0.4, -0.2) is 24.2 Å². The van der Waals surface area contributed by atoms with Gasteiger partial charge >= 0.3 is 5.97 Å². The minimum Gasteiger partial charge on any atom is -0.478 e. The molecule has 0 radical (unpaired) electrons. The number of hydrogen-bond donors (Lipinski definition) is 2. The van der Waals surface area contributed by atoms with Gasteiger partial charge in [0.05, 0.1) is 0 Å². The maximum atomic E-state index is 10.3. The van der Waals surface area contributed by atoms with Crippen LogP contribution in [0.25, 0.3) is 0 Å². The SMILES string of the molecule is CC=C(CNCC)C(=O)O. The Labute approximate surface area is 60.7 Å². The van der Waals surface area contributed by atoms with E-state index in [0.717, 1.165) is 6.54 Å². The molecule has 3 nitrogen and oxygen atoms in total. The van der Waals surface area contributed by atoms with Gasteiger partial charge in [0, 0.05) is 12.1 Å². The zero-order chi connectivity index (χ0) is 7.98. The second-order valence-corrected chi connectivity index (χ2v) is 1.90. The third kappa shape index (κ3) is 3.25. The molecule has 0 aliphatic carbocycles. The van der Waals surface area contributed by atoms with Gasteiger partial charge in [-0.1, -0.05) is 13.0 Å². The molecule has 0 saturated carbocycles. The number of hydrogen-bond acceptors (Lipinski definition) is 2. The molecule has 10 heavy (non-hydrogen) atoms. The van der Waals surface area contributed by atoms with Gasteiger partial charge in [-0.25, -0.2) is 4.79 Å². The zero-order valence-electron chi connectivity index (χ0n) is 6.35. The number of rotatable bonds is 4. The van der Waals surface area contributed by atoms with Crippen molar-refractivity contribution in [1.82, 2.24) is 5.32 Å². The highest BCUT2D eigenvalue weighted by atomic mass is 16.4. The van der Waals surface area contributed by atoms with E-state index in [0.29, 0.717) is 12.1 Å².